The number of Topliss-reactive ketones (excluding diaryl/α,β-unsaturated/α-hetero) is 1. The van der Waals surface area contributed by atoms with Crippen LogP contribution in [0, 0.1) is 0 Å². The average molecular weight is 331 g/mol. The van der Waals surface area contributed by atoms with Crippen molar-refractivity contribution in [2.24, 2.45) is 5.73 Å². The topological polar surface area (TPSA) is 64.2 Å². The van der Waals surface area contributed by atoms with Gasteiger partial charge in [-0.2, -0.15) is 5.10 Å². The zero-order valence-corrected chi connectivity index (χ0v) is 13.7. The maximum absolute atomic E-state index is 12.6. The van der Waals surface area contributed by atoms with E-state index in [9.17, 15) is 4.79 Å². The summed E-state index contributed by atoms with van der Waals surface area (Å²) in [7, 11) is 3.98. The second-order valence-corrected chi connectivity index (χ2v) is 5.91. The van der Waals surface area contributed by atoms with Gasteiger partial charge in [0.05, 0.1) is 22.8 Å². The van der Waals surface area contributed by atoms with E-state index in [0.29, 0.717) is 29.6 Å². The molecule has 108 valence electrons. The molecule has 0 aliphatic heterocycles. The molecule has 0 fully saturated rings. The number of likely N-dealkylation sites (N-methyl/N-ethyl adjacent to an activating group) is 1. The van der Waals surface area contributed by atoms with E-state index < -0.39 is 5.54 Å². The molecule has 0 aliphatic rings. The van der Waals surface area contributed by atoms with Gasteiger partial charge < -0.3 is 10.6 Å². The number of nitrogens with two attached hydrogens (primary N) is 1. The van der Waals surface area contributed by atoms with Gasteiger partial charge in [-0.15, -0.1) is 0 Å². The van der Waals surface area contributed by atoms with E-state index in [4.69, 9.17) is 5.73 Å². The Morgan fingerprint density at radius 2 is 2.05 bits per heavy atom. The molecule has 0 unspecified atom stereocenters. The number of carbonyl (C=O) groups excluding carboxylic acids is 1. The lowest BCUT2D eigenvalue weighted by Crippen LogP contribution is -2.47. The van der Waals surface area contributed by atoms with Crippen LogP contribution in [0.1, 0.15) is 37.2 Å². The van der Waals surface area contributed by atoms with Crippen molar-refractivity contribution in [3.05, 3.63) is 16.4 Å². The van der Waals surface area contributed by atoms with Gasteiger partial charge in [0.15, 0.2) is 0 Å². The molecule has 5 nitrogen and oxygen atoms in total. The van der Waals surface area contributed by atoms with Crippen molar-refractivity contribution in [2.75, 3.05) is 20.6 Å². The van der Waals surface area contributed by atoms with Gasteiger partial charge in [0.2, 0.25) is 5.78 Å². The third kappa shape index (κ3) is 3.64. The fraction of sp³-hybridized carbons (Fsp3) is 0.692. The summed E-state index contributed by atoms with van der Waals surface area (Å²) >= 11 is 3.40. The summed E-state index contributed by atoms with van der Waals surface area (Å²) in [5.74, 6) is -0.0411. The first-order chi connectivity index (χ1) is 8.85. The molecule has 1 aromatic rings. The Balaban J connectivity index is 3.05. The first-order valence-corrected chi connectivity index (χ1v) is 7.34. The van der Waals surface area contributed by atoms with Crippen LogP contribution in [0.3, 0.4) is 0 Å². The fourth-order valence-electron chi connectivity index (χ4n) is 1.86. The van der Waals surface area contributed by atoms with E-state index in [-0.39, 0.29) is 5.78 Å². The highest BCUT2D eigenvalue weighted by Crippen LogP contribution is 2.24. The van der Waals surface area contributed by atoms with Crippen LogP contribution in [-0.4, -0.2) is 46.6 Å². The standard InChI is InChI=1S/C13H23BrN4O/c1-5-13(15,6-2)12(19)11-10(14)9-16-18(11)8-7-17(3)4/h9H,5-8,15H2,1-4H3. The van der Waals surface area contributed by atoms with Crippen molar-refractivity contribution < 1.29 is 4.79 Å². The molecular formula is C13H23BrN4O. The number of aromatic nitrogens is 2. The molecule has 1 aromatic heterocycles. The van der Waals surface area contributed by atoms with Crippen LogP contribution in [-0.2, 0) is 6.54 Å². The predicted octanol–water partition coefficient (Wildman–Crippen LogP) is 1.91. The highest BCUT2D eigenvalue weighted by Gasteiger charge is 2.34. The zero-order chi connectivity index (χ0) is 14.6. The maximum atomic E-state index is 12.6. The molecule has 19 heavy (non-hydrogen) atoms. The van der Waals surface area contributed by atoms with Crippen LogP contribution in [0.15, 0.2) is 10.7 Å². The van der Waals surface area contributed by atoms with Gasteiger partial charge in [-0.3, -0.25) is 9.48 Å². The summed E-state index contributed by atoms with van der Waals surface area (Å²) in [4.78, 5) is 14.7. The quantitative estimate of drug-likeness (QED) is 0.775. The van der Waals surface area contributed by atoms with Gasteiger partial charge in [0.1, 0.15) is 5.69 Å². The second-order valence-electron chi connectivity index (χ2n) is 5.06. The summed E-state index contributed by atoms with van der Waals surface area (Å²) in [5, 5.41) is 4.26. The summed E-state index contributed by atoms with van der Waals surface area (Å²) in [5.41, 5.74) is 5.97. The SMILES string of the molecule is CCC(N)(CC)C(=O)c1c(Br)cnn1CCN(C)C. The largest absolute Gasteiger partial charge is 0.319 e. The van der Waals surface area contributed by atoms with Crippen molar-refractivity contribution >= 4 is 21.7 Å². The molecular weight excluding hydrogens is 308 g/mol. The molecule has 0 saturated carbocycles. The summed E-state index contributed by atoms with van der Waals surface area (Å²) < 4.78 is 2.45. The van der Waals surface area contributed by atoms with Gasteiger partial charge in [-0.05, 0) is 42.9 Å². The Morgan fingerprint density at radius 3 is 2.53 bits per heavy atom. The Hall–Kier alpha value is -0.720. The second kappa shape index (κ2) is 6.63. The lowest BCUT2D eigenvalue weighted by atomic mass is 9.87. The van der Waals surface area contributed by atoms with Crippen LogP contribution in [0.5, 0.6) is 0 Å². The molecule has 0 saturated heterocycles. The number of ketones is 1. The Labute approximate surface area is 123 Å². The Morgan fingerprint density at radius 1 is 1.47 bits per heavy atom. The van der Waals surface area contributed by atoms with Gasteiger partial charge in [0, 0.05) is 6.54 Å². The highest BCUT2D eigenvalue weighted by molar-refractivity contribution is 9.10. The lowest BCUT2D eigenvalue weighted by molar-refractivity contribution is 0.0866. The van der Waals surface area contributed by atoms with Crippen molar-refractivity contribution in [1.82, 2.24) is 14.7 Å². The van der Waals surface area contributed by atoms with Crippen LogP contribution in [0.4, 0.5) is 0 Å². The Kier molecular flexibility index (Phi) is 5.70. The molecule has 6 heteroatoms. The van der Waals surface area contributed by atoms with E-state index in [2.05, 4.69) is 25.9 Å². The molecule has 1 rings (SSSR count). The molecule has 0 atom stereocenters. The summed E-state index contributed by atoms with van der Waals surface area (Å²) in [6.07, 6.45) is 2.90. The van der Waals surface area contributed by atoms with Crippen molar-refractivity contribution in [1.29, 1.82) is 0 Å². The third-order valence-electron chi connectivity index (χ3n) is 3.48. The van der Waals surface area contributed by atoms with Gasteiger partial charge in [-0.25, -0.2) is 0 Å². The molecule has 0 aliphatic carbocycles. The van der Waals surface area contributed by atoms with Crippen LogP contribution in [0.25, 0.3) is 0 Å². The fourth-order valence-corrected chi connectivity index (χ4v) is 2.34. The molecule has 0 amide bonds. The number of hydrogen-bond donors (Lipinski definition) is 1. The minimum absolute atomic E-state index is 0.0411. The number of carbonyl (C=O) groups is 1. The molecule has 0 radical (unpaired) electrons. The number of halogens is 1. The maximum Gasteiger partial charge on any atom is 0.201 e. The van der Waals surface area contributed by atoms with E-state index in [1.165, 1.54) is 0 Å². The van der Waals surface area contributed by atoms with Crippen molar-refractivity contribution in [3.63, 3.8) is 0 Å². The minimum Gasteiger partial charge on any atom is -0.319 e. The van der Waals surface area contributed by atoms with Gasteiger partial charge >= 0.3 is 0 Å². The number of nitrogens with zero attached hydrogens (tertiary/aromatic N) is 3. The van der Waals surface area contributed by atoms with Crippen molar-refractivity contribution in [3.8, 4) is 0 Å². The van der Waals surface area contributed by atoms with E-state index >= 15 is 0 Å². The van der Waals surface area contributed by atoms with E-state index in [0.717, 1.165) is 6.54 Å². The monoisotopic (exact) mass is 330 g/mol. The molecule has 2 N–H and O–H groups in total. The third-order valence-corrected chi connectivity index (χ3v) is 4.06. The molecule has 0 spiro atoms. The first-order valence-electron chi connectivity index (χ1n) is 6.55. The minimum atomic E-state index is -0.807. The molecule has 0 aromatic carbocycles. The van der Waals surface area contributed by atoms with Crippen molar-refractivity contribution in [2.45, 2.75) is 38.8 Å². The van der Waals surface area contributed by atoms with Gasteiger partial charge in [0.25, 0.3) is 0 Å². The number of rotatable bonds is 7. The molecule has 1 heterocycles. The Bertz CT molecular complexity index is 438. The van der Waals surface area contributed by atoms with E-state index in [1.54, 1.807) is 10.9 Å². The lowest BCUT2D eigenvalue weighted by Gasteiger charge is -2.25. The predicted molar refractivity (Wildman–Crippen MR) is 80.3 cm³/mol. The van der Waals surface area contributed by atoms with E-state index in [1.807, 2.05) is 27.9 Å². The average Bonchev–Trinajstić information content (AvgIpc) is 2.75. The van der Waals surface area contributed by atoms with Gasteiger partial charge in [-0.1, -0.05) is 13.8 Å². The normalized spacial score (nSPS) is 12.2. The highest BCUT2D eigenvalue weighted by atomic mass is 79.9. The zero-order valence-electron chi connectivity index (χ0n) is 12.1. The van der Waals surface area contributed by atoms with Crippen LogP contribution in [0.2, 0.25) is 0 Å². The van der Waals surface area contributed by atoms with Crippen LogP contribution >= 0.6 is 15.9 Å². The summed E-state index contributed by atoms with van der Waals surface area (Å²) in [6, 6.07) is 0. The smallest absolute Gasteiger partial charge is 0.201 e. The van der Waals surface area contributed by atoms with Crippen LogP contribution < -0.4 is 5.73 Å². The summed E-state index contributed by atoms with van der Waals surface area (Å²) in [6.45, 7) is 5.37. The molecule has 0 bridgehead atoms. The first kappa shape index (κ1) is 16.3. The number of hydrogen-bond acceptors (Lipinski definition) is 4.